The lowest BCUT2D eigenvalue weighted by atomic mass is 10.1. The van der Waals surface area contributed by atoms with E-state index in [1.54, 1.807) is 0 Å². The number of hydrogen-bond acceptors (Lipinski definition) is 4. The van der Waals surface area contributed by atoms with Crippen LogP contribution in [0.25, 0.3) is 5.69 Å². The van der Waals surface area contributed by atoms with E-state index in [4.69, 9.17) is 9.84 Å². The Morgan fingerprint density at radius 3 is 2.47 bits per heavy atom. The largest absolute Gasteiger partial charge is 0.439 e. The third-order valence-corrected chi connectivity index (χ3v) is 6.06. The molecule has 1 saturated carbocycles. The lowest BCUT2D eigenvalue weighted by molar-refractivity contribution is 0.0977. The number of para-hydroxylation sites is 1. The number of benzene rings is 2. The van der Waals surface area contributed by atoms with Crippen LogP contribution in [-0.4, -0.2) is 39.0 Å². The van der Waals surface area contributed by atoms with Gasteiger partial charge in [-0.2, -0.15) is 5.10 Å². The molecule has 4 rings (SSSR count). The van der Waals surface area contributed by atoms with Gasteiger partial charge in [0.25, 0.3) is 0 Å². The van der Waals surface area contributed by atoms with Gasteiger partial charge in [0.1, 0.15) is 5.75 Å². The Morgan fingerprint density at radius 1 is 1.09 bits per heavy atom. The van der Waals surface area contributed by atoms with Gasteiger partial charge in [-0.3, -0.25) is 4.90 Å². The monoisotopic (exact) mass is 433 g/mol. The second-order valence-electron chi connectivity index (χ2n) is 9.11. The molecule has 1 fully saturated rings. The second kappa shape index (κ2) is 10.3. The first-order valence-corrected chi connectivity index (χ1v) is 11.8. The predicted octanol–water partition coefficient (Wildman–Crippen LogP) is 5.65. The first-order valence-electron chi connectivity index (χ1n) is 11.8. The van der Waals surface area contributed by atoms with Crippen molar-refractivity contribution in [2.45, 2.75) is 59.1 Å². The average molecular weight is 434 g/mol. The van der Waals surface area contributed by atoms with Crippen LogP contribution in [0.1, 0.15) is 49.4 Å². The minimum atomic E-state index is -0.301. The van der Waals surface area contributed by atoms with Crippen molar-refractivity contribution in [3.05, 3.63) is 71.4 Å². The van der Waals surface area contributed by atoms with Gasteiger partial charge in [-0.05, 0) is 63.3 Å². The number of rotatable bonds is 11. The van der Waals surface area contributed by atoms with Gasteiger partial charge in [0.2, 0.25) is 5.88 Å². The van der Waals surface area contributed by atoms with Crippen LogP contribution in [0.15, 0.2) is 54.6 Å². The lowest BCUT2D eigenvalue weighted by Gasteiger charge is -2.25. The molecule has 1 heterocycles. The van der Waals surface area contributed by atoms with E-state index in [1.807, 2.05) is 47.1 Å². The maximum absolute atomic E-state index is 10.5. The van der Waals surface area contributed by atoms with E-state index >= 15 is 0 Å². The highest BCUT2D eigenvalue weighted by Crippen LogP contribution is 2.34. The molecule has 0 saturated heterocycles. The van der Waals surface area contributed by atoms with Gasteiger partial charge in [-0.15, -0.1) is 0 Å². The highest BCUT2D eigenvalue weighted by molar-refractivity contribution is 5.43. The molecule has 1 aliphatic rings. The number of nitrogens with zero attached hydrogens (tertiary/aromatic N) is 3. The summed E-state index contributed by atoms with van der Waals surface area (Å²) < 4.78 is 8.36. The van der Waals surface area contributed by atoms with Gasteiger partial charge < -0.3 is 9.84 Å². The van der Waals surface area contributed by atoms with Gasteiger partial charge in [-0.25, -0.2) is 4.68 Å². The molecule has 2 aromatic carbocycles. The molecule has 1 atom stereocenters. The summed E-state index contributed by atoms with van der Waals surface area (Å²) in [6.45, 7) is 8.66. The lowest BCUT2D eigenvalue weighted by Crippen LogP contribution is -2.33. The molecule has 5 nitrogen and oxygen atoms in total. The molecule has 32 heavy (non-hydrogen) atoms. The third-order valence-electron chi connectivity index (χ3n) is 6.06. The topological polar surface area (TPSA) is 50.5 Å². The van der Waals surface area contributed by atoms with Crippen LogP contribution >= 0.6 is 0 Å². The number of hydrogen-bond donors (Lipinski definition) is 1. The van der Waals surface area contributed by atoms with Gasteiger partial charge in [0.05, 0.1) is 23.0 Å². The fourth-order valence-corrected chi connectivity index (χ4v) is 4.10. The molecule has 3 aromatic rings. The standard InChI is InChI=1S/C27H35N3O2/c1-4-8-24(31)18-29(17-22-13-14-22)19-26-21(3)28-30(23-9-6-5-7-10-23)27(26)32-25-15-11-20(2)12-16-25/h5-7,9-12,15-16,22,24,31H,4,8,13-14,17-19H2,1-3H3. The smallest absolute Gasteiger partial charge is 0.227 e. The number of aliphatic hydroxyl groups excluding tert-OH is 1. The Balaban J connectivity index is 1.67. The summed E-state index contributed by atoms with van der Waals surface area (Å²) in [5.41, 5.74) is 4.22. The normalized spacial score (nSPS) is 14.7. The first kappa shape index (κ1) is 22.6. The molecule has 1 unspecified atom stereocenters. The van der Waals surface area contributed by atoms with E-state index < -0.39 is 0 Å². The molecular weight excluding hydrogens is 398 g/mol. The van der Waals surface area contributed by atoms with Crippen molar-refractivity contribution < 1.29 is 9.84 Å². The molecule has 170 valence electrons. The quantitative estimate of drug-likeness (QED) is 0.424. The van der Waals surface area contributed by atoms with Gasteiger partial charge in [0.15, 0.2) is 0 Å². The molecule has 0 aliphatic heterocycles. The van der Waals surface area contributed by atoms with E-state index in [0.29, 0.717) is 6.54 Å². The number of ether oxygens (including phenoxy) is 1. The molecule has 0 bridgehead atoms. The summed E-state index contributed by atoms with van der Waals surface area (Å²) in [6, 6.07) is 18.3. The zero-order valence-electron chi connectivity index (χ0n) is 19.5. The van der Waals surface area contributed by atoms with E-state index in [0.717, 1.165) is 60.4 Å². The van der Waals surface area contributed by atoms with Crippen molar-refractivity contribution in [3.8, 4) is 17.3 Å². The van der Waals surface area contributed by atoms with Crippen molar-refractivity contribution in [1.82, 2.24) is 14.7 Å². The predicted molar refractivity (Wildman–Crippen MR) is 128 cm³/mol. The zero-order chi connectivity index (χ0) is 22.5. The second-order valence-corrected chi connectivity index (χ2v) is 9.11. The van der Waals surface area contributed by atoms with Crippen molar-refractivity contribution in [2.24, 2.45) is 5.92 Å². The molecule has 1 aromatic heterocycles. The summed E-state index contributed by atoms with van der Waals surface area (Å²) in [7, 11) is 0. The molecule has 5 heteroatoms. The van der Waals surface area contributed by atoms with Crippen LogP contribution < -0.4 is 4.74 Å². The maximum atomic E-state index is 10.5. The molecule has 0 radical (unpaired) electrons. The summed E-state index contributed by atoms with van der Waals surface area (Å²) in [6.07, 6.45) is 4.09. The van der Waals surface area contributed by atoms with E-state index in [1.165, 1.54) is 18.4 Å². The molecule has 1 aliphatic carbocycles. The SMILES string of the molecule is CCCC(O)CN(Cc1c(C)nn(-c2ccccc2)c1Oc1ccc(C)cc1)CC1CC1. The van der Waals surface area contributed by atoms with Crippen LogP contribution in [0.5, 0.6) is 11.6 Å². The molecule has 1 N–H and O–H groups in total. The minimum absolute atomic E-state index is 0.301. The summed E-state index contributed by atoms with van der Waals surface area (Å²) in [5.74, 6) is 2.30. The van der Waals surface area contributed by atoms with E-state index in [-0.39, 0.29) is 6.10 Å². The Kier molecular flexibility index (Phi) is 7.28. The Morgan fingerprint density at radius 2 is 1.81 bits per heavy atom. The summed E-state index contributed by atoms with van der Waals surface area (Å²) in [5, 5.41) is 15.4. The third kappa shape index (κ3) is 5.78. The van der Waals surface area contributed by atoms with Crippen molar-refractivity contribution in [2.75, 3.05) is 13.1 Å². The molecule has 0 amide bonds. The first-order chi connectivity index (χ1) is 15.5. The van der Waals surface area contributed by atoms with Crippen molar-refractivity contribution in [3.63, 3.8) is 0 Å². The van der Waals surface area contributed by atoms with Gasteiger partial charge in [-0.1, -0.05) is 49.2 Å². The Labute approximate surface area is 191 Å². The van der Waals surface area contributed by atoms with Gasteiger partial charge >= 0.3 is 0 Å². The average Bonchev–Trinajstić information content (AvgIpc) is 3.55. The molecule has 0 spiro atoms. The van der Waals surface area contributed by atoms with E-state index in [9.17, 15) is 5.11 Å². The molecular formula is C27H35N3O2. The Hall–Kier alpha value is -2.63. The van der Waals surface area contributed by atoms with Crippen LogP contribution in [0.2, 0.25) is 0 Å². The van der Waals surface area contributed by atoms with E-state index in [2.05, 4.69) is 37.8 Å². The summed E-state index contributed by atoms with van der Waals surface area (Å²) in [4.78, 5) is 2.39. The van der Waals surface area contributed by atoms with Crippen molar-refractivity contribution in [1.29, 1.82) is 0 Å². The minimum Gasteiger partial charge on any atom is -0.439 e. The fourth-order valence-electron chi connectivity index (χ4n) is 4.10. The van der Waals surface area contributed by atoms with Crippen LogP contribution in [0.3, 0.4) is 0 Å². The zero-order valence-corrected chi connectivity index (χ0v) is 19.5. The Bertz CT molecular complexity index is 994. The van der Waals surface area contributed by atoms with Crippen LogP contribution in [-0.2, 0) is 6.54 Å². The van der Waals surface area contributed by atoms with Crippen LogP contribution in [0.4, 0.5) is 0 Å². The highest BCUT2D eigenvalue weighted by atomic mass is 16.5. The summed E-state index contributed by atoms with van der Waals surface area (Å²) >= 11 is 0. The number of aliphatic hydroxyl groups is 1. The number of aromatic nitrogens is 2. The van der Waals surface area contributed by atoms with Crippen LogP contribution in [0, 0.1) is 19.8 Å². The maximum Gasteiger partial charge on any atom is 0.227 e. The highest BCUT2D eigenvalue weighted by Gasteiger charge is 2.28. The fraction of sp³-hybridized carbons (Fsp3) is 0.444. The van der Waals surface area contributed by atoms with Crippen molar-refractivity contribution >= 4 is 0 Å². The van der Waals surface area contributed by atoms with Gasteiger partial charge in [0, 0.05) is 19.6 Å². The number of aryl methyl sites for hydroxylation is 2.